The first-order chi connectivity index (χ1) is 9.42. The predicted octanol–water partition coefficient (Wildman–Crippen LogP) is 2.17. The van der Waals surface area contributed by atoms with E-state index in [9.17, 15) is 8.42 Å². The van der Waals surface area contributed by atoms with E-state index in [2.05, 4.69) is 17.0 Å². The lowest BCUT2D eigenvalue weighted by atomic mass is 10.0. The van der Waals surface area contributed by atoms with E-state index >= 15 is 0 Å². The van der Waals surface area contributed by atoms with Crippen LogP contribution in [0, 0.1) is 5.41 Å². The normalized spacial score (nSPS) is 16.9. The van der Waals surface area contributed by atoms with Gasteiger partial charge in [0, 0.05) is 12.2 Å². The van der Waals surface area contributed by atoms with Crippen LogP contribution in [-0.4, -0.2) is 22.0 Å². The van der Waals surface area contributed by atoms with Gasteiger partial charge in [0.1, 0.15) is 4.90 Å². The molecule has 1 aromatic carbocycles. The molecule has 1 fully saturated rings. The number of hydrogen-bond donors (Lipinski definition) is 3. The molecule has 0 unspecified atom stereocenters. The van der Waals surface area contributed by atoms with Crippen molar-refractivity contribution in [3.63, 3.8) is 0 Å². The Morgan fingerprint density at radius 1 is 1.35 bits per heavy atom. The van der Waals surface area contributed by atoms with Gasteiger partial charge in [0.25, 0.3) is 0 Å². The zero-order valence-corrected chi connectivity index (χ0v) is 12.9. The molecule has 1 aliphatic carbocycles. The molecule has 1 aliphatic rings. The molecule has 0 radical (unpaired) electrons. The van der Waals surface area contributed by atoms with Crippen molar-refractivity contribution in [2.24, 2.45) is 5.41 Å². The van der Waals surface area contributed by atoms with Crippen molar-refractivity contribution in [2.45, 2.75) is 37.5 Å². The molecule has 0 spiro atoms. The Bertz CT molecular complexity index is 580. The van der Waals surface area contributed by atoms with E-state index in [-0.39, 0.29) is 4.90 Å². The minimum atomic E-state index is -3.50. The maximum atomic E-state index is 12.0. The summed E-state index contributed by atoms with van der Waals surface area (Å²) in [5.41, 5.74) is 7.12. The SMILES string of the molecule is CCCC1(CNc2ccc(N)cc2S(=O)(=O)NC)CC1. The first-order valence-electron chi connectivity index (χ1n) is 6.99. The van der Waals surface area contributed by atoms with Gasteiger partial charge < -0.3 is 11.1 Å². The van der Waals surface area contributed by atoms with Gasteiger partial charge in [-0.1, -0.05) is 13.3 Å². The third kappa shape index (κ3) is 3.24. The molecular formula is C14H23N3O2S. The van der Waals surface area contributed by atoms with E-state index in [1.54, 1.807) is 12.1 Å². The molecule has 2 rings (SSSR count). The van der Waals surface area contributed by atoms with Crippen LogP contribution in [0.4, 0.5) is 11.4 Å². The number of nitrogen functional groups attached to an aromatic ring is 1. The second-order valence-electron chi connectivity index (χ2n) is 5.57. The van der Waals surface area contributed by atoms with Gasteiger partial charge in [-0.25, -0.2) is 13.1 Å². The summed E-state index contributed by atoms with van der Waals surface area (Å²) in [5, 5.41) is 3.29. The van der Waals surface area contributed by atoms with Gasteiger partial charge in [-0.2, -0.15) is 0 Å². The molecule has 0 bridgehead atoms. The molecule has 0 saturated heterocycles. The number of sulfonamides is 1. The Kier molecular flexibility index (Phi) is 4.25. The maximum absolute atomic E-state index is 12.0. The summed E-state index contributed by atoms with van der Waals surface area (Å²) in [4.78, 5) is 0.215. The average Bonchev–Trinajstić information content (AvgIpc) is 3.18. The minimum Gasteiger partial charge on any atom is -0.399 e. The molecule has 4 N–H and O–H groups in total. The van der Waals surface area contributed by atoms with Gasteiger partial charge in [-0.3, -0.25) is 0 Å². The highest BCUT2D eigenvalue weighted by Crippen LogP contribution is 2.49. The highest BCUT2D eigenvalue weighted by atomic mass is 32.2. The van der Waals surface area contributed by atoms with E-state index in [4.69, 9.17) is 5.73 Å². The molecule has 5 nitrogen and oxygen atoms in total. The Morgan fingerprint density at radius 2 is 2.05 bits per heavy atom. The average molecular weight is 297 g/mol. The first kappa shape index (κ1) is 15.1. The molecule has 20 heavy (non-hydrogen) atoms. The van der Waals surface area contributed by atoms with E-state index in [1.165, 1.54) is 32.4 Å². The number of anilines is 2. The summed E-state index contributed by atoms with van der Waals surface area (Å²) in [5.74, 6) is 0. The van der Waals surface area contributed by atoms with Crippen molar-refractivity contribution in [2.75, 3.05) is 24.6 Å². The lowest BCUT2D eigenvalue weighted by molar-refractivity contribution is 0.485. The summed E-state index contributed by atoms with van der Waals surface area (Å²) in [6.45, 7) is 3.00. The summed E-state index contributed by atoms with van der Waals surface area (Å²) in [7, 11) is -2.10. The van der Waals surface area contributed by atoms with Crippen LogP contribution in [0.1, 0.15) is 32.6 Å². The quantitative estimate of drug-likeness (QED) is 0.673. The molecule has 0 heterocycles. The molecule has 0 atom stereocenters. The van der Waals surface area contributed by atoms with Gasteiger partial charge in [-0.05, 0) is 49.9 Å². The molecular weight excluding hydrogens is 274 g/mol. The molecule has 0 aliphatic heterocycles. The maximum Gasteiger partial charge on any atom is 0.242 e. The number of nitrogens with two attached hydrogens (primary N) is 1. The summed E-state index contributed by atoms with van der Waals surface area (Å²) in [6, 6.07) is 4.95. The Labute approximate surface area is 121 Å². The molecule has 0 aromatic heterocycles. The van der Waals surface area contributed by atoms with Crippen LogP contribution in [0.2, 0.25) is 0 Å². The van der Waals surface area contributed by atoms with Crippen LogP contribution in [0.5, 0.6) is 0 Å². The molecule has 1 aromatic rings. The van der Waals surface area contributed by atoms with E-state index in [0.29, 0.717) is 16.8 Å². The fourth-order valence-corrected chi connectivity index (χ4v) is 3.46. The third-order valence-electron chi connectivity index (χ3n) is 3.96. The van der Waals surface area contributed by atoms with Crippen molar-refractivity contribution in [1.29, 1.82) is 0 Å². The highest BCUT2D eigenvalue weighted by Gasteiger charge is 2.41. The van der Waals surface area contributed by atoms with Crippen molar-refractivity contribution < 1.29 is 8.42 Å². The molecule has 1 saturated carbocycles. The summed E-state index contributed by atoms with van der Waals surface area (Å²) in [6.07, 6.45) is 4.78. The van der Waals surface area contributed by atoms with E-state index in [1.807, 2.05) is 0 Å². The van der Waals surface area contributed by atoms with Crippen molar-refractivity contribution >= 4 is 21.4 Å². The topological polar surface area (TPSA) is 84.2 Å². The Balaban J connectivity index is 2.20. The van der Waals surface area contributed by atoms with E-state index < -0.39 is 10.0 Å². The largest absolute Gasteiger partial charge is 0.399 e. The van der Waals surface area contributed by atoms with Gasteiger partial charge >= 0.3 is 0 Å². The highest BCUT2D eigenvalue weighted by molar-refractivity contribution is 7.89. The smallest absolute Gasteiger partial charge is 0.242 e. The van der Waals surface area contributed by atoms with Crippen LogP contribution in [0.3, 0.4) is 0 Å². The lowest BCUT2D eigenvalue weighted by Crippen LogP contribution is -2.22. The van der Waals surface area contributed by atoms with Gasteiger partial charge in [0.15, 0.2) is 0 Å². The zero-order valence-electron chi connectivity index (χ0n) is 12.1. The number of hydrogen-bond acceptors (Lipinski definition) is 4. The lowest BCUT2D eigenvalue weighted by Gasteiger charge is -2.18. The fourth-order valence-electron chi connectivity index (χ4n) is 2.52. The summed E-state index contributed by atoms with van der Waals surface area (Å²) >= 11 is 0. The van der Waals surface area contributed by atoms with Crippen molar-refractivity contribution in [3.05, 3.63) is 18.2 Å². The standard InChI is InChI=1S/C14H23N3O2S/c1-3-6-14(7-8-14)10-17-12-5-4-11(15)9-13(12)20(18,19)16-2/h4-5,9,16-17H,3,6-8,10,15H2,1-2H3. The second kappa shape index (κ2) is 5.61. The van der Waals surface area contributed by atoms with Gasteiger partial charge in [0.05, 0.1) is 5.69 Å². The molecule has 6 heteroatoms. The van der Waals surface area contributed by atoms with Crippen LogP contribution in [-0.2, 0) is 10.0 Å². The number of nitrogens with one attached hydrogen (secondary N) is 2. The summed E-state index contributed by atoms with van der Waals surface area (Å²) < 4.78 is 26.4. The number of benzene rings is 1. The first-order valence-corrected chi connectivity index (χ1v) is 8.48. The molecule has 112 valence electrons. The monoisotopic (exact) mass is 297 g/mol. The van der Waals surface area contributed by atoms with Crippen LogP contribution < -0.4 is 15.8 Å². The molecule has 0 amide bonds. The number of rotatable bonds is 7. The second-order valence-corrected chi connectivity index (χ2v) is 7.42. The van der Waals surface area contributed by atoms with Crippen LogP contribution in [0.25, 0.3) is 0 Å². The Morgan fingerprint density at radius 3 is 2.60 bits per heavy atom. The van der Waals surface area contributed by atoms with Crippen molar-refractivity contribution in [3.8, 4) is 0 Å². The minimum absolute atomic E-state index is 0.215. The van der Waals surface area contributed by atoms with E-state index in [0.717, 1.165) is 13.0 Å². The van der Waals surface area contributed by atoms with Crippen molar-refractivity contribution in [1.82, 2.24) is 4.72 Å². The third-order valence-corrected chi connectivity index (χ3v) is 5.41. The van der Waals surface area contributed by atoms with Gasteiger partial charge in [0.2, 0.25) is 10.0 Å². The Hall–Kier alpha value is -1.27. The fraction of sp³-hybridized carbons (Fsp3) is 0.571. The van der Waals surface area contributed by atoms with Gasteiger partial charge in [-0.15, -0.1) is 0 Å². The zero-order chi connectivity index (χ0) is 14.8. The van der Waals surface area contributed by atoms with Crippen LogP contribution in [0.15, 0.2) is 23.1 Å². The predicted molar refractivity (Wildman–Crippen MR) is 82.2 cm³/mol. The van der Waals surface area contributed by atoms with Crippen LogP contribution >= 0.6 is 0 Å².